The standard InChI is InChI=1S/C20H27N/c1-16-7-9-18(10-8-16)11-12-20(19-5-3-4-6-19)21-14-13-17(2)15-21/h7-10,17,19-20H,3-6,13-15H2,1-2H3. The zero-order valence-electron chi connectivity index (χ0n) is 13.4. The highest BCUT2D eigenvalue weighted by atomic mass is 15.2. The minimum atomic E-state index is 0.485. The molecule has 112 valence electrons. The van der Waals surface area contributed by atoms with Crippen molar-refractivity contribution >= 4 is 0 Å². The van der Waals surface area contributed by atoms with E-state index >= 15 is 0 Å². The third-order valence-electron chi connectivity index (χ3n) is 5.11. The van der Waals surface area contributed by atoms with Gasteiger partial charge in [0, 0.05) is 12.1 Å². The maximum absolute atomic E-state index is 3.64. The molecule has 0 N–H and O–H groups in total. The summed E-state index contributed by atoms with van der Waals surface area (Å²) in [6, 6.07) is 9.11. The van der Waals surface area contributed by atoms with Crippen molar-refractivity contribution in [2.45, 2.75) is 52.0 Å². The summed E-state index contributed by atoms with van der Waals surface area (Å²) in [6.45, 7) is 6.98. The van der Waals surface area contributed by atoms with Crippen LogP contribution in [0.25, 0.3) is 0 Å². The Labute approximate surface area is 129 Å². The topological polar surface area (TPSA) is 3.24 Å². The van der Waals surface area contributed by atoms with Gasteiger partial charge in [0.2, 0.25) is 0 Å². The fourth-order valence-electron chi connectivity index (χ4n) is 3.80. The lowest BCUT2D eigenvalue weighted by Crippen LogP contribution is -2.37. The van der Waals surface area contributed by atoms with Gasteiger partial charge in [-0.1, -0.05) is 49.3 Å². The zero-order valence-corrected chi connectivity index (χ0v) is 13.4. The number of nitrogens with zero attached hydrogens (tertiary/aromatic N) is 1. The smallest absolute Gasteiger partial charge is 0.0746 e. The van der Waals surface area contributed by atoms with Crippen LogP contribution in [0.4, 0.5) is 0 Å². The lowest BCUT2D eigenvalue weighted by Gasteiger charge is -2.28. The molecule has 2 unspecified atom stereocenters. The van der Waals surface area contributed by atoms with Crippen LogP contribution in [0.3, 0.4) is 0 Å². The average molecular weight is 281 g/mol. The molecule has 0 aromatic heterocycles. The number of aryl methyl sites for hydroxylation is 1. The first kappa shape index (κ1) is 14.7. The molecule has 2 fully saturated rings. The van der Waals surface area contributed by atoms with Crippen molar-refractivity contribution in [1.29, 1.82) is 0 Å². The fraction of sp³-hybridized carbons (Fsp3) is 0.600. The van der Waals surface area contributed by atoms with Gasteiger partial charge in [-0.15, -0.1) is 0 Å². The minimum Gasteiger partial charge on any atom is -0.289 e. The van der Waals surface area contributed by atoms with E-state index < -0.39 is 0 Å². The highest BCUT2D eigenvalue weighted by molar-refractivity contribution is 5.37. The number of likely N-dealkylation sites (tertiary alicyclic amines) is 1. The Balaban J connectivity index is 1.77. The molecule has 1 heterocycles. The molecule has 1 heteroatoms. The van der Waals surface area contributed by atoms with Gasteiger partial charge in [0.1, 0.15) is 0 Å². The highest BCUT2D eigenvalue weighted by Gasteiger charge is 2.32. The summed E-state index contributed by atoms with van der Waals surface area (Å²) in [4.78, 5) is 2.65. The molecule has 2 atom stereocenters. The van der Waals surface area contributed by atoms with Crippen molar-refractivity contribution in [3.05, 3.63) is 35.4 Å². The SMILES string of the molecule is Cc1ccc(C#CC(C2CCCC2)N2CCC(C)C2)cc1. The molecule has 0 spiro atoms. The molecule has 1 aliphatic carbocycles. The number of hydrogen-bond donors (Lipinski definition) is 0. The second-order valence-electron chi connectivity index (χ2n) is 7.01. The van der Waals surface area contributed by atoms with E-state index in [4.69, 9.17) is 0 Å². The maximum Gasteiger partial charge on any atom is 0.0746 e. The fourth-order valence-corrected chi connectivity index (χ4v) is 3.80. The van der Waals surface area contributed by atoms with E-state index in [1.807, 2.05) is 0 Å². The van der Waals surface area contributed by atoms with Crippen molar-refractivity contribution in [2.75, 3.05) is 13.1 Å². The van der Waals surface area contributed by atoms with Crippen LogP contribution in [-0.2, 0) is 0 Å². The van der Waals surface area contributed by atoms with Gasteiger partial charge >= 0.3 is 0 Å². The highest BCUT2D eigenvalue weighted by Crippen LogP contribution is 2.32. The lowest BCUT2D eigenvalue weighted by atomic mass is 9.96. The Kier molecular flexibility index (Phi) is 4.66. The van der Waals surface area contributed by atoms with Crippen LogP contribution in [0.5, 0.6) is 0 Å². The molecule has 2 aliphatic rings. The van der Waals surface area contributed by atoms with Crippen molar-refractivity contribution in [3.63, 3.8) is 0 Å². The number of rotatable bonds is 2. The predicted molar refractivity (Wildman–Crippen MR) is 89.2 cm³/mol. The Morgan fingerprint density at radius 1 is 1.10 bits per heavy atom. The molecule has 3 rings (SSSR count). The van der Waals surface area contributed by atoms with Gasteiger partial charge < -0.3 is 0 Å². The van der Waals surface area contributed by atoms with E-state index in [-0.39, 0.29) is 0 Å². The minimum absolute atomic E-state index is 0.485. The molecule has 1 aromatic rings. The van der Waals surface area contributed by atoms with Gasteiger partial charge in [0.05, 0.1) is 6.04 Å². The van der Waals surface area contributed by atoms with E-state index in [1.54, 1.807) is 0 Å². The van der Waals surface area contributed by atoms with Crippen LogP contribution in [0.1, 0.15) is 50.2 Å². The van der Waals surface area contributed by atoms with Gasteiger partial charge in [-0.3, -0.25) is 4.90 Å². The quantitative estimate of drug-likeness (QED) is 0.733. The summed E-state index contributed by atoms with van der Waals surface area (Å²) in [7, 11) is 0. The van der Waals surface area contributed by atoms with Crippen LogP contribution in [0.2, 0.25) is 0 Å². The summed E-state index contributed by atoms with van der Waals surface area (Å²) < 4.78 is 0. The zero-order chi connectivity index (χ0) is 14.7. The Morgan fingerprint density at radius 2 is 1.81 bits per heavy atom. The van der Waals surface area contributed by atoms with Crippen molar-refractivity contribution in [2.24, 2.45) is 11.8 Å². The summed E-state index contributed by atoms with van der Waals surface area (Å²) in [5, 5.41) is 0. The maximum atomic E-state index is 3.64. The van der Waals surface area contributed by atoms with Gasteiger partial charge in [0.15, 0.2) is 0 Å². The first-order valence-corrected chi connectivity index (χ1v) is 8.54. The monoisotopic (exact) mass is 281 g/mol. The first-order chi connectivity index (χ1) is 10.2. The molecule has 0 radical (unpaired) electrons. The van der Waals surface area contributed by atoms with Crippen LogP contribution in [0.15, 0.2) is 24.3 Å². The molecular weight excluding hydrogens is 254 g/mol. The summed E-state index contributed by atoms with van der Waals surface area (Å²) >= 11 is 0. The molecule has 1 aliphatic heterocycles. The number of benzene rings is 1. The average Bonchev–Trinajstić information content (AvgIpc) is 3.13. The predicted octanol–water partition coefficient (Wildman–Crippen LogP) is 4.25. The molecule has 21 heavy (non-hydrogen) atoms. The molecule has 1 saturated carbocycles. The third kappa shape index (κ3) is 3.69. The van der Waals surface area contributed by atoms with Crippen molar-refractivity contribution < 1.29 is 0 Å². The van der Waals surface area contributed by atoms with Crippen LogP contribution in [-0.4, -0.2) is 24.0 Å². The Morgan fingerprint density at radius 3 is 2.43 bits per heavy atom. The van der Waals surface area contributed by atoms with Gasteiger partial charge in [-0.05, 0) is 56.7 Å². The van der Waals surface area contributed by atoms with Crippen molar-refractivity contribution in [3.8, 4) is 11.8 Å². The molecule has 1 nitrogen and oxygen atoms in total. The molecule has 0 bridgehead atoms. The van der Waals surface area contributed by atoms with Crippen LogP contribution < -0.4 is 0 Å². The van der Waals surface area contributed by atoms with Crippen LogP contribution >= 0.6 is 0 Å². The Hall–Kier alpha value is -1.26. The second kappa shape index (κ2) is 6.67. The van der Waals surface area contributed by atoms with Crippen LogP contribution in [0, 0.1) is 30.6 Å². The van der Waals surface area contributed by atoms with Gasteiger partial charge in [0.25, 0.3) is 0 Å². The lowest BCUT2D eigenvalue weighted by molar-refractivity contribution is 0.218. The van der Waals surface area contributed by atoms with E-state index in [0.717, 1.165) is 17.4 Å². The summed E-state index contributed by atoms with van der Waals surface area (Å²) in [5.74, 6) is 8.73. The summed E-state index contributed by atoms with van der Waals surface area (Å²) in [5.41, 5.74) is 2.47. The number of hydrogen-bond acceptors (Lipinski definition) is 1. The molecule has 1 aromatic carbocycles. The van der Waals surface area contributed by atoms with E-state index in [9.17, 15) is 0 Å². The summed E-state index contributed by atoms with van der Waals surface area (Å²) in [6.07, 6.45) is 6.89. The van der Waals surface area contributed by atoms with Gasteiger partial charge in [-0.2, -0.15) is 0 Å². The van der Waals surface area contributed by atoms with E-state index in [0.29, 0.717) is 6.04 Å². The Bertz CT molecular complexity index is 513. The normalized spacial score (nSPS) is 24.8. The molecular formula is C20H27N. The first-order valence-electron chi connectivity index (χ1n) is 8.54. The second-order valence-corrected chi connectivity index (χ2v) is 7.01. The van der Waals surface area contributed by atoms with E-state index in [2.05, 4.69) is 54.9 Å². The third-order valence-corrected chi connectivity index (χ3v) is 5.11. The van der Waals surface area contributed by atoms with E-state index in [1.165, 1.54) is 50.8 Å². The largest absolute Gasteiger partial charge is 0.289 e. The van der Waals surface area contributed by atoms with Crippen molar-refractivity contribution in [1.82, 2.24) is 4.90 Å². The molecule has 0 amide bonds. The van der Waals surface area contributed by atoms with Gasteiger partial charge in [-0.25, -0.2) is 0 Å². The molecule has 1 saturated heterocycles.